The van der Waals surface area contributed by atoms with E-state index >= 15 is 0 Å². The van der Waals surface area contributed by atoms with Gasteiger partial charge in [0.1, 0.15) is 0 Å². The number of nitrogens with one attached hydrogen (secondary N) is 1. The van der Waals surface area contributed by atoms with Gasteiger partial charge in [0, 0.05) is 6.04 Å². The molecule has 0 amide bonds. The van der Waals surface area contributed by atoms with Crippen LogP contribution in [0.25, 0.3) is 0 Å². The first-order chi connectivity index (χ1) is 9.47. The van der Waals surface area contributed by atoms with Crippen molar-refractivity contribution < 1.29 is 0 Å². The van der Waals surface area contributed by atoms with Gasteiger partial charge in [-0.25, -0.2) is 0 Å². The number of unbranched alkanes of at least 4 members (excludes halogenated alkanes) is 3. The molecule has 0 radical (unpaired) electrons. The average molecular weight is 284 g/mol. The van der Waals surface area contributed by atoms with E-state index in [1.54, 1.807) is 0 Å². The number of hydrogen-bond donors (Lipinski definition) is 1. The van der Waals surface area contributed by atoms with Crippen molar-refractivity contribution in [1.29, 1.82) is 0 Å². The van der Waals surface area contributed by atoms with Crippen molar-refractivity contribution in [3.63, 3.8) is 0 Å². The minimum atomic E-state index is 0.714. The van der Waals surface area contributed by atoms with Crippen molar-refractivity contribution in [2.45, 2.75) is 99.0 Å². The third-order valence-corrected chi connectivity index (χ3v) is 4.38. The van der Waals surface area contributed by atoms with Crippen LogP contribution in [0.4, 0.5) is 0 Å². The van der Waals surface area contributed by atoms with Crippen molar-refractivity contribution in [2.75, 3.05) is 6.54 Å². The van der Waals surface area contributed by atoms with Gasteiger partial charge in [-0.15, -0.1) is 0 Å². The van der Waals surface area contributed by atoms with E-state index in [1.165, 1.54) is 57.9 Å². The quantitative estimate of drug-likeness (QED) is 0.407. The van der Waals surface area contributed by atoms with Gasteiger partial charge in [0.25, 0.3) is 0 Å². The second-order valence-corrected chi connectivity index (χ2v) is 7.53. The number of hydrogen-bond acceptors (Lipinski definition) is 1. The van der Waals surface area contributed by atoms with Gasteiger partial charge in [-0.05, 0) is 37.1 Å². The lowest BCUT2D eigenvalue weighted by Gasteiger charge is -2.26. The van der Waals surface area contributed by atoms with Crippen molar-refractivity contribution in [3.8, 4) is 0 Å². The van der Waals surface area contributed by atoms with E-state index in [4.69, 9.17) is 0 Å². The van der Waals surface area contributed by atoms with Gasteiger partial charge < -0.3 is 5.32 Å². The minimum absolute atomic E-state index is 0.714. The highest BCUT2D eigenvalue weighted by Crippen LogP contribution is 2.20. The van der Waals surface area contributed by atoms with Gasteiger partial charge >= 0.3 is 0 Å². The Morgan fingerprint density at radius 2 is 1.50 bits per heavy atom. The molecular weight excluding hydrogens is 242 g/mol. The fourth-order valence-electron chi connectivity index (χ4n) is 2.86. The Morgan fingerprint density at radius 3 is 2.05 bits per heavy atom. The maximum atomic E-state index is 3.81. The Bertz CT molecular complexity index is 198. The zero-order valence-corrected chi connectivity index (χ0v) is 15.2. The summed E-state index contributed by atoms with van der Waals surface area (Å²) in [6.45, 7) is 15.3. The molecule has 2 atom stereocenters. The standard InChI is InChI=1S/C19H41N/c1-7-8-9-10-14-20-19(17(4)5)15-18(6)13-11-12-16(2)3/h16-20H,7-15H2,1-6H3. The molecule has 0 aliphatic carbocycles. The van der Waals surface area contributed by atoms with Crippen LogP contribution in [0, 0.1) is 17.8 Å². The Hall–Kier alpha value is -0.0400. The van der Waals surface area contributed by atoms with Crippen LogP contribution >= 0.6 is 0 Å². The predicted molar refractivity (Wildman–Crippen MR) is 93.2 cm³/mol. The van der Waals surface area contributed by atoms with E-state index in [0.29, 0.717) is 6.04 Å². The van der Waals surface area contributed by atoms with E-state index in [0.717, 1.165) is 17.8 Å². The van der Waals surface area contributed by atoms with E-state index in [9.17, 15) is 0 Å². The molecule has 1 heteroatoms. The van der Waals surface area contributed by atoms with Gasteiger partial charge in [-0.3, -0.25) is 0 Å². The predicted octanol–water partition coefficient (Wildman–Crippen LogP) is 6.03. The van der Waals surface area contributed by atoms with Crippen molar-refractivity contribution in [2.24, 2.45) is 17.8 Å². The van der Waals surface area contributed by atoms with E-state index in [2.05, 4.69) is 46.9 Å². The molecule has 0 aromatic heterocycles. The van der Waals surface area contributed by atoms with Crippen LogP contribution in [0.15, 0.2) is 0 Å². The third kappa shape index (κ3) is 11.8. The summed E-state index contributed by atoms with van der Waals surface area (Å²) in [5.74, 6) is 2.48. The third-order valence-electron chi connectivity index (χ3n) is 4.38. The molecule has 20 heavy (non-hydrogen) atoms. The molecule has 0 bridgehead atoms. The molecule has 0 fully saturated rings. The van der Waals surface area contributed by atoms with Crippen molar-refractivity contribution in [1.82, 2.24) is 5.32 Å². The van der Waals surface area contributed by atoms with E-state index in [1.807, 2.05) is 0 Å². The molecule has 2 unspecified atom stereocenters. The molecule has 122 valence electrons. The highest BCUT2D eigenvalue weighted by molar-refractivity contribution is 4.73. The molecule has 1 nitrogen and oxygen atoms in total. The molecule has 0 aliphatic heterocycles. The monoisotopic (exact) mass is 283 g/mol. The zero-order valence-electron chi connectivity index (χ0n) is 15.2. The van der Waals surface area contributed by atoms with E-state index < -0.39 is 0 Å². The molecular formula is C19H41N. The summed E-state index contributed by atoms with van der Waals surface area (Å²) >= 11 is 0. The summed E-state index contributed by atoms with van der Waals surface area (Å²) in [6.07, 6.45) is 11.0. The second-order valence-electron chi connectivity index (χ2n) is 7.53. The SMILES string of the molecule is CCCCCCNC(CC(C)CCCC(C)C)C(C)C. The average Bonchev–Trinajstić information content (AvgIpc) is 2.36. The van der Waals surface area contributed by atoms with Gasteiger partial charge in [-0.1, -0.05) is 80.1 Å². The van der Waals surface area contributed by atoms with Crippen molar-refractivity contribution in [3.05, 3.63) is 0 Å². The lowest BCUT2D eigenvalue weighted by atomic mass is 9.89. The van der Waals surface area contributed by atoms with Gasteiger partial charge in [-0.2, -0.15) is 0 Å². The van der Waals surface area contributed by atoms with Crippen LogP contribution in [-0.2, 0) is 0 Å². The van der Waals surface area contributed by atoms with Crippen molar-refractivity contribution >= 4 is 0 Å². The smallest absolute Gasteiger partial charge is 0.00925 e. The first-order valence-corrected chi connectivity index (χ1v) is 9.20. The zero-order chi connectivity index (χ0) is 15.4. The first-order valence-electron chi connectivity index (χ1n) is 9.20. The van der Waals surface area contributed by atoms with Crippen LogP contribution in [0.3, 0.4) is 0 Å². The molecule has 0 aliphatic rings. The highest BCUT2D eigenvalue weighted by Gasteiger charge is 2.16. The molecule has 0 aromatic rings. The maximum absolute atomic E-state index is 3.81. The van der Waals surface area contributed by atoms with Gasteiger partial charge in [0.15, 0.2) is 0 Å². The van der Waals surface area contributed by atoms with Crippen LogP contribution in [0.5, 0.6) is 0 Å². The Kier molecular flexibility index (Phi) is 12.7. The fourth-order valence-corrected chi connectivity index (χ4v) is 2.86. The van der Waals surface area contributed by atoms with Gasteiger partial charge in [0.05, 0.1) is 0 Å². The van der Waals surface area contributed by atoms with E-state index in [-0.39, 0.29) is 0 Å². The summed E-state index contributed by atoms with van der Waals surface area (Å²) in [7, 11) is 0. The minimum Gasteiger partial charge on any atom is -0.314 e. The molecule has 0 saturated heterocycles. The highest BCUT2D eigenvalue weighted by atomic mass is 14.9. The molecule has 0 saturated carbocycles. The Labute approximate surface area is 129 Å². The molecule has 1 N–H and O–H groups in total. The molecule has 0 heterocycles. The lowest BCUT2D eigenvalue weighted by molar-refractivity contribution is 0.310. The first kappa shape index (κ1) is 20.0. The fraction of sp³-hybridized carbons (Fsp3) is 1.00. The summed E-state index contributed by atoms with van der Waals surface area (Å²) in [6, 6.07) is 0.714. The largest absolute Gasteiger partial charge is 0.314 e. The van der Waals surface area contributed by atoms with Crippen LogP contribution in [0.2, 0.25) is 0 Å². The topological polar surface area (TPSA) is 12.0 Å². The van der Waals surface area contributed by atoms with Crippen LogP contribution in [0.1, 0.15) is 92.9 Å². The molecule has 0 rings (SSSR count). The normalized spacial score (nSPS) is 15.0. The summed E-state index contributed by atoms with van der Waals surface area (Å²) < 4.78 is 0. The number of rotatable bonds is 13. The maximum Gasteiger partial charge on any atom is 0.00925 e. The van der Waals surface area contributed by atoms with Crippen LogP contribution < -0.4 is 5.32 Å². The Balaban J connectivity index is 3.82. The Morgan fingerprint density at radius 1 is 0.800 bits per heavy atom. The second kappa shape index (κ2) is 12.7. The summed E-state index contributed by atoms with van der Waals surface area (Å²) in [4.78, 5) is 0. The van der Waals surface area contributed by atoms with Crippen LogP contribution in [-0.4, -0.2) is 12.6 Å². The molecule has 0 aromatic carbocycles. The molecule has 0 spiro atoms. The summed E-state index contributed by atoms with van der Waals surface area (Å²) in [5, 5.41) is 3.81. The van der Waals surface area contributed by atoms with Gasteiger partial charge in [0.2, 0.25) is 0 Å². The lowest BCUT2D eigenvalue weighted by Crippen LogP contribution is -2.36. The summed E-state index contributed by atoms with van der Waals surface area (Å²) in [5.41, 5.74) is 0.